The fourth-order valence-corrected chi connectivity index (χ4v) is 2.01. The zero-order chi connectivity index (χ0) is 9.99. The van der Waals surface area contributed by atoms with Crippen LogP contribution in [-0.4, -0.2) is 139 Å². The third-order valence-electron chi connectivity index (χ3n) is 0.509. The van der Waals surface area contributed by atoms with Gasteiger partial charge in [-0.3, -0.25) is 4.52 Å². The fraction of sp³-hybridized carbons (Fsp3) is 1.00. The van der Waals surface area contributed by atoms with Crippen LogP contribution in [0.25, 0.3) is 0 Å². The molecule has 0 spiro atoms. The second kappa shape index (κ2) is 14.2. The first-order valence-electron chi connectivity index (χ1n) is 2.66. The Labute approximate surface area is 182 Å². The summed E-state index contributed by atoms with van der Waals surface area (Å²) < 4.78 is 28.0. The predicted molar refractivity (Wildman–Crippen MR) is 66.3 cm³/mol. The summed E-state index contributed by atoms with van der Waals surface area (Å²) in [5.74, 6) is 0. The summed E-state index contributed by atoms with van der Waals surface area (Å²) in [7, 11) is -9.80. The molecule has 0 radical (unpaired) electrons. The Balaban J connectivity index is -0.000000101. The van der Waals surface area contributed by atoms with E-state index in [0.717, 1.165) is 0 Å². The molecule has 0 aromatic rings. The molecule has 0 aromatic carbocycles. The summed E-state index contributed by atoms with van der Waals surface area (Å²) in [6.07, 6.45) is -1.16. The van der Waals surface area contributed by atoms with Gasteiger partial charge in [0, 0.05) is 0 Å². The van der Waals surface area contributed by atoms with Crippen LogP contribution in [0, 0.1) is 0 Å². The molecule has 0 amide bonds. The molecule has 2 unspecified atom stereocenters. The maximum absolute atomic E-state index is 10.6. The third kappa shape index (κ3) is 23.3. The summed E-state index contributed by atoms with van der Waals surface area (Å²) in [6.45, 7) is 1.20. The van der Waals surface area contributed by atoms with E-state index in [2.05, 4.69) is 8.83 Å². The van der Waals surface area contributed by atoms with Gasteiger partial charge in [0.05, 0.1) is 0 Å². The first-order chi connectivity index (χ1) is 5.12. The van der Waals surface area contributed by atoms with E-state index < -0.39 is 21.9 Å². The average molecular weight is 317 g/mol. The fourth-order valence-electron chi connectivity index (χ4n) is 0.364. The number of hydrogen-bond acceptors (Lipinski definition) is 5. The number of phosphoric acid groups is 2. The van der Waals surface area contributed by atoms with E-state index in [9.17, 15) is 9.13 Å². The summed E-state index contributed by atoms with van der Waals surface area (Å²) in [4.78, 5) is 24.8. The van der Waals surface area contributed by atoms with Crippen molar-refractivity contribution < 1.29 is 32.6 Å². The molecule has 0 bridgehead atoms. The Morgan fingerprint density at radius 3 is 1.56 bits per heavy atom. The Bertz CT molecular complexity index is 245. The van der Waals surface area contributed by atoms with Crippen molar-refractivity contribution in [3.8, 4) is 0 Å². The van der Waals surface area contributed by atoms with Crippen molar-refractivity contribution in [1.82, 2.24) is 0 Å². The van der Waals surface area contributed by atoms with E-state index in [1.54, 1.807) is 0 Å². The molecule has 82 valence electrons. The molecule has 5 N–H and O–H groups in total. The van der Waals surface area contributed by atoms with E-state index in [4.69, 9.17) is 20.4 Å². The number of phosphoric ester groups is 1. The second-order valence-electron chi connectivity index (χ2n) is 1.85. The van der Waals surface area contributed by atoms with Gasteiger partial charge in [-0.15, -0.1) is 0 Å². The van der Waals surface area contributed by atoms with Crippen molar-refractivity contribution >= 4 is 134 Å². The van der Waals surface area contributed by atoms with Crippen molar-refractivity contribution in [3.05, 3.63) is 0 Å². The van der Waals surface area contributed by atoms with Gasteiger partial charge in [-0.25, -0.2) is 9.13 Å². The molecule has 2 atom stereocenters. The molecule has 8 nitrogen and oxygen atoms in total. The molecule has 0 rings (SSSR count). The van der Waals surface area contributed by atoms with Crippen LogP contribution in [0.2, 0.25) is 0 Å². The van der Waals surface area contributed by atoms with Crippen LogP contribution in [-0.2, 0) is 18.0 Å². The maximum atomic E-state index is 10.6. The molecule has 16 heavy (non-hydrogen) atoms. The summed E-state index contributed by atoms with van der Waals surface area (Å²) in [5, 5.41) is 0. The summed E-state index contributed by atoms with van der Waals surface area (Å²) in [6, 6.07) is 0. The Hall–Kier alpha value is 4.22. The molecule has 0 fully saturated rings. The molecule has 0 saturated carbocycles. The quantitative estimate of drug-likeness (QED) is 0.243. The van der Waals surface area contributed by atoms with Gasteiger partial charge >= 0.3 is 134 Å². The van der Waals surface area contributed by atoms with Gasteiger partial charge in [0.1, 0.15) is 6.23 Å². The average Bonchev–Trinajstić information content (AvgIpc) is 1.48. The topological polar surface area (TPSA) is 139 Å². The first kappa shape index (κ1) is 32.2. The van der Waals surface area contributed by atoms with E-state index in [1.165, 1.54) is 6.92 Å². The monoisotopic (exact) mass is 317 g/mol. The molecule has 0 saturated heterocycles. The second-order valence-corrected chi connectivity index (χ2v) is 4.63. The zero-order valence-electron chi connectivity index (χ0n) is 6.02. The molecule has 0 heterocycles. The van der Waals surface area contributed by atoms with E-state index in [0.29, 0.717) is 0 Å². The molecule has 0 aliphatic rings. The van der Waals surface area contributed by atoms with Gasteiger partial charge in [0.2, 0.25) is 0 Å². The van der Waals surface area contributed by atoms with Gasteiger partial charge in [0.15, 0.2) is 0 Å². The SMILES string of the molecule is CC(N)OP(=O)(O)OP(=O)(O)O.[NaH].[NaH].[NaH].[NaH]. The van der Waals surface area contributed by atoms with Gasteiger partial charge < -0.3 is 20.4 Å². The molecular weight excluding hydrogens is 304 g/mol. The van der Waals surface area contributed by atoms with Gasteiger partial charge in [-0.05, 0) is 6.92 Å². The summed E-state index contributed by atoms with van der Waals surface area (Å²) >= 11 is 0. The molecule has 0 aliphatic heterocycles. The predicted octanol–water partition coefficient (Wildman–Crippen LogP) is -3.08. The molecule has 14 heteroatoms. The molecular formula is C2H13NNa4O7P2. The van der Waals surface area contributed by atoms with E-state index in [1.807, 2.05) is 0 Å². The van der Waals surface area contributed by atoms with Gasteiger partial charge in [-0.2, -0.15) is 4.31 Å². The van der Waals surface area contributed by atoms with Crippen molar-refractivity contribution in [1.29, 1.82) is 0 Å². The van der Waals surface area contributed by atoms with Crippen molar-refractivity contribution in [2.75, 3.05) is 0 Å². The third-order valence-corrected chi connectivity index (χ3v) is 2.78. The van der Waals surface area contributed by atoms with Crippen molar-refractivity contribution in [2.45, 2.75) is 13.2 Å². The van der Waals surface area contributed by atoms with Crippen LogP contribution in [0.5, 0.6) is 0 Å². The Morgan fingerprint density at radius 2 is 1.38 bits per heavy atom. The van der Waals surface area contributed by atoms with E-state index >= 15 is 0 Å². The Morgan fingerprint density at radius 1 is 1.06 bits per heavy atom. The van der Waals surface area contributed by atoms with Crippen LogP contribution in [0.1, 0.15) is 6.92 Å². The van der Waals surface area contributed by atoms with Crippen molar-refractivity contribution in [3.63, 3.8) is 0 Å². The Kier molecular flexibility index (Phi) is 28.6. The van der Waals surface area contributed by atoms with Gasteiger partial charge in [-0.1, -0.05) is 0 Å². The molecule has 0 aromatic heterocycles. The zero-order valence-corrected chi connectivity index (χ0v) is 7.81. The molecule has 0 aliphatic carbocycles. The standard InChI is InChI=1S/C2H9NO7P2.4Na.4H/c1-2(3)9-12(7,8)10-11(4,5)6;;;;;;;;/h2H,3H2,1H3,(H,7,8)(H2,4,5,6);;;;;;;;. The normalized spacial score (nSPS) is 15.1. The van der Waals surface area contributed by atoms with Crippen LogP contribution in [0.15, 0.2) is 0 Å². The van der Waals surface area contributed by atoms with Crippen LogP contribution in [0.4, 0.5) is 0 Å². The van der Waals surface area contributed by atoms with Crippen LogP contribution >= 0.6 is 15.6 Å². The van der Waals surface area contributed by atoms with Crippen molar-refractivity contribution in [2.24, 2.45) is 5.73 Å². The summed E-state index contributed by atoms with van der Waals surface area (Å²) in [5.41, 5.74) is 4.91. The minimum absolute atomic E-state index is 0. The van der Waals surface area contributed by atoms with Crippen LogP contribution in [0.3, 0.4) is 0 Å². The number of hydrogen-bond donors (Lipinski definition) is 4. The van der Waals surface area contributed by atoms with E-state index in [-0.39, 0.29) is 118 Å². The number of nitrogens with two attached hydrogens (primary N) is 1. The first-order valence-corrected chi connectivity index (χ1v) is 5.68. The minimum atomic E-state index is -5.04. The van der Waals surface area contributed by atoms with Crippen LogP contribution < -0.4 is 5.73 Å². The van der Waals surface area contributed by atoms with Gasteiger partial charge in [0.25, 0.3) is 0 Å². The number of rotatable bonds is 4.